The van der Waals surface area contributed by atoms with E-state index in [0.29, 0.717) is 23.5 Å². The molecule has 2 N–H and O–H groups in total. The highest BCUT2D eigenvalue weighted by Gasteiger charge is 2.31. The number of halogens is 4. The number of pyridine rings is 1. The van der Waals surface area contributed by atoms with Crippen LogP contribution in [0.1, 0.15) is 11.1 Å². The van der Waals surface area contributed by atoms with Gasteiger partial charge in [0, 0.05) is 24.3 Å². The standard InChI is InChI=1S/C21H14F4N4O/c22-18-8-16-13(7-17(18)19-27-9-14(10-28-19)21(23,24)25)4-5-29(20(16)30)11-12-2-1-3-15(26)6-12/h1-10H,11,26H2. The molecule has 2 heterocycles. The van der Waals surface area contributed by atoms with Crippen LogP contribution in [0, 0.1) is 5.82 Å². The molecular formula is C21H14F4N4O. The van der Waals surface area contributed by atoms with Gasteiger partial charge < -0.3 is 10.3 Å². The molecule has 0 atom stereocenters. The van der Waals surface area contributed by atoms with E-state index in [-0.39, 0.29) is 23.3 Å². The summed E-state index contributed by atoms with van der Waals surface area (Å²) in [5.41, 5.74) is 5.60. The predicted octanol–water partition coefficient (Wildman–Crippen LogP) is 4.25. The summed E-state index contributed by atoms with van der Waals surface area (Å²) in [6.45, 7) is 0.255. The summed E-state index contributed by atoms with van der Waals surface area (Å²) in [5, 5.41) is 0.554. The molecule has 0 unspecified atom stereocenters. The number of rotatable bonds is 3. The lowest BCUT2D eigenvalue weighted by molar-refractivity contribution is -0.138. The summed E-state index contributed by atoms with van der Waals surface area (Å²) in [6, 6.07) is 11.1. The Hall–Kier alpha value is -3.75. The number of hydrogen-bond donors (Lipinski definition) is 1. The fourth-order valence-electron chi connectivity index (χ4n) is 3.10. The fraction of sp³-hybridized carbons (Fsp3) is 0.0952. The van der Waals surface area contributed by atoms with E-state index < -0.39 is 23.1 Å². The molecule has 0 aliphatic carbocycles. The normalized spacial score (nSPS) is 11.7. The highest BCUT2D eigenvalue weighted by atomic mass is 19.4. The maximum Gasteiger partial charge on any atom is 0.419 e. The Morgan fingerprint density at radius 3 is 2.43 bits per heavy atom. The summed E-state index contributed by atoms with van der Waals surface area (Å²) in [6.07, 6.45) is -1.84. The lowest BCUT2D eigenvalue weighted by Gasteiger charge is -2.10. The second-order valence-corrected chi connectivity index (χ2v) is 6.71. The van der Waals surface area contributed by atoms with Gasteiger partial charge in [-0.1, -0.05) is 12.1 Å². The second-order valence-electron chi connectivity index (χ2n) is 6.71. The van der Waals surface area contributed by atoms with Gasteiger partial charge in [0.15, 0.2) is 5.82 Å². The van der Waals surface area contributed by atoms with Crippen molar-refractivity contribution in [2.75, 3.05) is 5.73 Å². The van der Waals surface area contributed by atoms with E-state index in [9.17, 15) is 22.4 Å². The highest BCUT2D eigenvalue weighted by Crippen LogP contribution is 2.29. The van der Waals surface area contributed by atoms with Gasteiger partial charge in [-0.15, -0.1) is 0 Å². The Morgan fingerprint density at radius 1 is 1.03 bits per heavy atom. The maximum atomic E-state index is 14.7. The molecule has 152 valence electrons. The molecule has 0 bridgehead atoms. The van der Waals surface area contributed by atoms with Crippen LogP contribution in [0.4, 0.5) is 23.2 Å². The van der Waals surface area contributed by atoms with E-state index >= 15 is 0 Å². The summed E-state index contributed by atoms with van der Waals surface area (Å²) in [4.78, 5) is 20.0. The van der Waals surface area contributed by atoms with Crippen molar-refractivity contribution in [3.05, 3.63) is 88.4 Å². The summed E-state index contributed by atoms with van der Waals surface area (Å²) in [5.74, 6) is -1.01. The summed E-state index contributed by atoms with van der Waals surface area (Å²) >= 11 is 0. The fourth-order valence-corrected chi connectivity index (χ4v) is 3.10. The molecule has 2 aromatic heterocycles. The number of fused-ring (bicyclic) bond motifs is 1. The molecule has 2 aromatic carbocycles. The monoisotopic (exact) mass is 414 g/mol. The SMILES string of the molecule is Nc1cccc(Cn2ccc3cc(-c4ncc(C(F)(F)F)cn4)c(F)cc3c2=O)c1. The van der Waals surface area contributed by atoms with Crippen LogP contribution in [0.15, 0.2) is 65.8 Å². The van der Waals surface area contributed by atoms with Crippen molar-refractivity contribution in [2.45, 2.75) is 12.7 Å². The van der Waals surface area contributed by atoms with E-state index in [4.69, 9.17) is 5.73 Å². The van der Waals surface area contributed by atoms with E-state index in [1.54, 1.807) is 30.5 Å². The van der Waals surface area contributed by atoms with Gasteiger partial charge in [-0.2, -0.15) is 13.2 Å². The lowest BCUT2D eigenvalue weighted by Crippen LogP contribution is -2.20. The Labute approximate surface area is 167 Å². The third-order valence-electron chi connectivity index (χ3n) is 4.59. The van der Waals surface area contributed by atoms with Crippen LogP contribution in [-0.4, -0.2) is 14.5 Å². The molecule has 0 saturated heterocycles. The first-order valence-electron chi connectivity index (χ1n) is 8.79. The molecule has 0 spiro atoms. The maximum absolute atomic E-state index is 14.7. The van der Waals surface area contributed by atoms with Gasteiger partial charge in [-0.3, -0.25) is 4.79 Å². The van der Waals surface area contributed by atoms with Crippen LogP contribution < -0.4 is 11.3 Å². The third-order valence-corrected chi connectivity index (χ3v) is 4.59. The van der Waals surface area contributed by atoms with Gasteiger partial charge >= 0.3 is 6.18 Å². The number of nitrogens with zero attached hydrogens (tertiary/aromatic N) is 3. The first-order valence-corrected chi connectivity index (χ1v) is 8.79. The molecule has 5 nitrogen and oxygen atoms in total. The van der Waals surface area contributed by atoms with Crippen molar-refractivity contribution < 1.29 is 17.6 Å². The van der Waals surface area contributed by atoms with E-state index in [1.807, 2.05) is 6.07 Å². The molecular weight excluding hydrogens is 400 g/mol. The van der Waals surface area contributed by atoms with Gasteiger partial charge in [-0.05, 0) is 41.3 Å². The van der Waals surface area contributed by atoms with Crippen molar-refractivity contribution in [3.63, 3.8) is 0 Å². The van der Waals surface area contributed by atoms with Crippen LogP contribution in [-0.2, 0) is 12.7 Å². The lowest BCUT2D eigenvalue weighted by atomic mass is 10.1. The topological polar surface area (TPSA) is 73.8 Å². The number of anilines is 1. The zero-order valence-corrected chi connectivity index (χ0v) is 15.3. The van der Waals surface area contributed by atoms with E-state index in [1.165, 1.54) is 10.6 Å². The zero-order valence-electron chi connectivity index (χ0n) is 15.3. The predicted molar refractivity (Wildman–Crippen MR) is 104 cm³/mol. The number of benzene rings is 2. The molecule has 0 saturated carbocycles. The number of nitrogens with two attached hydrogens (primary N) is 1. The van der Waals surface area contributed by atoms with Crippen molar-refractivity contribution in [3.8, 4) is 11.4 Å². The molecule has 0 fully saturated rings. The largest absolute Gasteiger partial charge is 0.419 e. The smallest absolute Gasteiger partial charge is 0.399 e. The van der Waals surface area contributed by atoms with Crippen LogP contribution in [0.2, 0.25) is 0 Å². The average molecular weight is 414 g/mol. The van der Waals surface area contributed by atoms with Crippen molar-refractivity contribution >= 4 is 16.5 Å². The average Bonchev–Trinajstić information content (AvgIpc) is 2.70. The quantitative estimate of drug-likeness (QED) is 0.402. The minimum absolute atomic E-state index is 0.0933. The minimum atomic E-state index is -4.59. The van der Waals surface area contributed by atoms with Gasteiger partial charge in [0.05, 0.1) is 23.1 Å². The number of hydrogen-bond acceptors (Lipinski definition) is 4. The van der Waals surface area contributed by atoms with E-state index in [2.05, 4.69) is 9.97 Å². The molecule has 0 aliphatic rings. The molecule has 30 heavy (non-hydrogen) atoms. The van der Waals surface area contributed by atoms with Crippen molar-refractivity contribution in [1.29, 1.82) is 0 Å². The van der Waals surface area contributed by atoms with Gasteiger partial charge in [0.1, 0.15) is 5.82 Å². The van der Waals surface area contributed by atoms with Crippen LogP contribution in [0.25, 0.3) is 22.2 Å². The molecule has 4 aromatic rings. The van der Waals surface area contributed by atoms with Crippen LogP contribution in [0.5, 0.6) is 0 Å². The van der Waals surface area contributed by atoms with Gasteiger partial charge in [0.25, 0.3) is 5.56 Å². The Morgan fingerprint density at radius 2 is 1.77 bits per heavy atom. The van der Waals surface area contributed by atoms with Crippen LogP contribution in [0.3, 0.4) is 0 Å². The van der Waals surface area contributed by atoms with Crippen LogP contribution >= 0.6 is 0 Å². The van der Waals surface area contributed by atoms with Gasteiger partial charge in [-0.25, -0.2) is 14.4 Å². The zero-order chi connectivity index (χ0) is 21.5. The number of aromatic nitrogens is 3. The third kappa shape index (κ3) is 3.73. The second kappa shape index (κ2) is 7.25. The minimum Gasteiger partial charge on any atom is -0.399 e. The molecule has 0 radical (unpaired) electrons. The Kier molecular flexibility index (Phi) is 4.73. The number of alkyl halides is 3. The molecule has 0 amide bonds. The molecule has 4 rings (SSSR count). The first kappa shape index (κ1) is 19.6. The Balaban J connectivity index is 1.74. The van der Waals surface area contributed by atoms with Crippen molar-refractivity contribution in [2.24, 2.45) is 0 Å². The number of nitrogen functional groups attached to an aromatic ring is 1. The summed E-state index contributed by atoms with van der Waals surface area (Å²) in [7, 11) is 0. The summed E-state index contributed by atoms with van der Waals surface area (Å²) < 4.78 is 54.1. The Bertz CT molecular complexity index is 1300. The van der Waals surface area contributed by atoms with E-state index in [0.717, 1.165) is 11.6 Å². The molecule has 0 aliphatic heterocycles. The van der Waals surface area contributed by atoms with Gasteiger partial charge in [0.2, 0.25) is 0 Å². The van der Waals surface area contributed by atoms with Crippen molar-refractivity contribution in [1.82, 2.24) is 14.5 Å². The highest BCUT2D eigenvalue weighted by molar-refractivity contribution is 5.86. The first-order chi connectivity index (χ1) is 14.2. The molecule has 9 heteroatoms.